The Bertz CT molecular complexity index is 603. The Morgan fingerprint density at radius 3 is 2.50 bits per heavy atom. The molecule has 0 aliphatic rings. The molecule has 0 saturated heterocycles. The molecule has 1 unspecified atom stereocenters. The van der Waals surface area contributed by atoms with Gasteiger partial charge < -0.3 is 10.0 Å². The zero-order valence-corrected chi connectivity index (χ0v) is 12.0. The Morgan fingerprint density at radius 1 is 1.50 bits per heavy atom. The highest BCUT2D eigenvalue weighted by molar-refractivity contribution is 7.89. The molecule has 0 fully saturated rings. The van der Waals surface area contributed by atoms with E-state index in [1.54, 1.807) is 18.7 Å². The van der Waals surface area contributed by atoms with Crippen LogP contribution in [0.25, 0.3) is 0 Å². The van der Waals surface area contributed by atoms with Gasteiger partial charge in [0.15, 0.2) is 0 Å². The average Bonchev–Trinajstić information content (AvgIpc) is 2.29. The molecule has 0 aliphatic heterocycles. The van der Waals surface area contributed by atoms with Crippen molar-refractivity contribution >= 4 is 21.7 Å². The van der Waals surface area contributed by atoms with Gasteiger partial charge in [-0.2, -0.15) is 0 Å². The summed E-state index contributed by atoms with van der Waals surface area (Å²) in [6.07, 6.45) is -0.149. The lowest BCUT2D eigenvalue weighted by atomic mass is 10.1. The van der Waals surface area contributed by atoms with Gasteiger partial charge in [0, 0.05) is 12.6 Å². The molecule has 0 aliphatic carbocycles. The van der Waals surface area contributed by atoms with Crippen LogP contribution < -0.4 is 10.0 Å². The lowest BCUT2D eigenvalue weighted by Gasteiger charge is -2.29. The second kappa shape index (κ2) is 6.19. The molecule has 1 aromatic rings. The molecule has 0 bridgehead atoms. The molecule has 112 valence electrons. The molecule has 0 radical (unpaired) electrons. The van der Waals surface area contributed by atoms with E-state index < -0.39 is 27.9 Å². The van der Waals surface area contributed by atoms with Crippen molar-refractivity contribution in [1.29, 1.82) is 0 Å². The Kier molecular flexibility index (Phi) is 5.07. The summed E-state index contributed by atoms with van der Waals surface area (Å²) >= 11 is 0. The maximum Gasteiger partial charge on any atom is 0.305 e. The number of hydrogen-bond acceptors (Lipinski definition) is 4. The Labute approximate surface area is 117 Å². The average molecular weight is 304 g/mol. The predicted molar refractivity (Wildman–Crippen MR) is 72.5 cm³/mol. The molecule has 20 heavy (non-hydrogen) atoms. The van der Waals surface area contributed by atoms with Gasteiger partial charge in [-0.05, 0) is 32.0 Å². The topological polar surface area (TPSA) is 101 Å². The number of nitrogens with zero attached hydrogens (tertiary/aromatic N) is 1. The smallest absolute Gasteiger partial charge is 0.305 e. The number of sulfonamides is 1. The van der Waals surface area contributed by atoms with Crippen LogP contribution in [0.3, 0.4) is 0 Å². The first-order valence-corrected chi connectivity index (χ1v) is 7.52. The van der Waals surface area contributed by atoms with Gasteiger partial charge in [-0.25, -0.2) is 17.9 Å². The number of carboxylic acid groups (broad SMARTS) is 1. The number of anilines is 1. The van der Waals surface area contributed by atoms with Crippen LogP contribution in [0, 0.1) is 5.82 Å². The standard InChI is InChI=1S/C12H17FN2O4S/c1-3-15(8(2)6-12(16)17)11-5-4-9(7-10(11)13)20(14,18)19/h4-5,7-8H,3,6H2,1-2H3,(H,16,17)(H2,14,18,19). The van der Waals surface area contributed by atoms with E-state index in [9.17, 15) is 17.6 Å². The van der Waals surface area contributed by atoms with E-state index in [1.165, 1.54) is 12.1 Å². The van der Waals surface area contributed by atoms with Gasteiger partial charge >= 0.3 is 5.97 Å². The third kappa shape index (κ3) is 3.91. The predicted octanol–water partition coefficient (Wildman–Crippen LogP) is 1.16. The van der Waals surface area contributed by atoms with Crippen LogP contribution in [-0.2, 0) is 14.8 Å². The van der Waals surface area contributed by atoms with Gasteiger partial charge in [0.2, 0.25) is 10.0 Å². The van der Waals surface area contributed by atoms with E-state index >= 15 is 0 Å². The molecular weight excluding hydrogens is 287 g/mol. The van der Waals surface area contributed by atoms with E-state index in [0.29, 0.717) is 6.54 Å². The maximum atomic E-state index is 14.0. The fourth-order valence-electron chi connectivity index (χ4n) is 1.98. The third-order valence-electron chi connectivity index (χ3n) is 2.90. The van der Waals surface area contributed by atoms with Crippen LogP contribution in [-0.4, -0.2) is 32.1 Å². The molecular formula is C12H17FN2O4S. The summed E-state index contributed by atoms with van der Waals surface area (Å²) in [5.41, 5.74) is 0.147. The zero-order valence-electron chi connectivity index (χ0n) is 11.2. The lowest BCUT2D eigenvalue weighted by molar-refractivity contribution is -0.137. The van der Waals surface area contributed by atoms with Crippen LogP contribution in [0.1, 0.15) is 20.3 Å². The van der Waals surface area contributed by atoms with Crippen molar-refractivity contribution < 1.29 is 22.7 Å². The number of primary sulfonamides is 1. The first kappa shape index (κ1) is 16.4. The number of carboxylic acids is 1. The molecule has 6 nitrogen and oxygen atoms in total. The molecule has 1 atom stereocenters. The summed E-state index contributed by atoms with van der Waals surface area (Å²) in [5.74, 6) is -1.74. The normalized spacial score (nSPS) is 13.0. The number of aliphatic carboxylic acids is 1. The first-order valence-electron chi connectivity index (χ1n) is 5.97. The minimum absolute atomic E-state index is 0.147. The number of halogens is 1. The highest BCUT2D eigenvalue weighted by atomic mass is 32.2. The summed E-state index contributed by atoms with van der Waals surface area (Å²) in [6, 6.07) is 2.90. The lowest BCUT2D eigenvalue weighted by Crippen LogP contribution is -2.35. The molecule has 0 aromatic heterocycles. The van der Waals surface area contributed by atoms with E-state index in [-0.39, 0.29) is 17.0 Å². The third-order valence-corrected chi connectivity index (χ3v) is 3.81. The highest BCUT2D eigenvalue weighted by Crippen LogP contribution is 2.24. The summed E-state index contributed by atoms with van der Waals surface area (Å²) in [4.78, 5) is 11.9. The molecule has 3 N–H and O–H groups in total. The monoisotopic (exact) mass is 304 g/mol. The van der Waals surface area contributed by atoms with E-state index in [4.69, 9.17) is 10.2 Å². The Balaban J connectivity index is 3.14. The van der Waals surface area contributed by atoms with E-state index in [0.717, 1.165) is 6.07 Å². The largest absolute Gasteiger partial charge is 0.481 e. The van der Waals surface area contributed by atoms with Gasteiger partial charge in [0.25, 0.3) is 0 Å². The summed E-state index contributed by atoms with van der Waals surface area (Å²) in [5, 5.41) is 13.7. The number of rotatable bonds is 6. The van der Waals surface area contributed by atoms with Crippen LogP contribution in [0.4, 0.5) is 10.1 Å². The van der Waals surface area contributed by atoms with E-state index in [1.807, 2.05) is 0 Å². The molecule has 1 rings (SSSR count). The molecule has 1 aromatic carbocycles. The van der Waals surface area contributed by atoms with Crippen molar-refractivity contribution in [2.45, 2.75) is 31.2 Å². The van der Waals surface area contributed by atoms with Gasteiger partial charge in [-0.1, -0.05) is 0 Å². The Morgan fingerprint density at radius 2 is 2.10 bits per heavy atom. The van der Waals surface area contributed by atoms with Crippen LogP contribution in [0.2, 0.25) is 0 Å². The quantitative estimate of drug-likeness (QED) is 0.821. The number of nitrogens with two attached hydrogens (primary N) is 1. The van der Waals surface area contributed by atoms with Crippen molar-refractivity contribution in [3.05, 3.63) is 24.0 Å². The SMILES string of the molecule is CCN(c1ccc(S(N)(=O)=O)cc1F)C(C)CC(=O)O. The fraction of sp³-hybridized carbons (Fsp3) is 0.417. The fourth-order valence-corrected chi connectivity index (χ4v) is 2.51. The minimum Gasteiger partial charge on any atom is -0.481 e. The number of benzene rings is 1. The van der Waals surface area contributed by atoms with Crippen LogP contribution >= 0.6 is 0 Å². The molecule has 8 heteroatoms. The molecule has 0 spiro atoms. The van der Waals surface area contributed by atoms with Crippen molar-refractivity contribution in [1.82, 2.24) is 0 Å². The van der Waals surface area contributed by atoms with Gasteiger partial charge in [0.05, 0.1) is 17.0 Å². The summed E-state index contributed by atoms with van der Waals surface area (Å²) in [6.45, 7) is 3.80. The maximum absolute atomic E-state index is 14.0. The van der Waals surface area contributed by atoms with Crippen LogP contribution in [0.15, 0.2) is 23.1 Å². The van der Waals surface area contributed by atoms with Crippen LogP contribution in [0.5, 0.6) is 0 Å². The van der Waals surface area contributed by atoms with Gasteiger partial charge in [-0.15, -0.1) is 0 Å². The Hall–Kier alpha value is -1.67. The molecule has 0 amide bonds. The molecule has 0 saturated carbocycles. The second-order valence-corrected chi connectivity index (χ2v) is 5.95. The second-order valence-electron chi connectivity index (χ2n) is 4.39. The van der Waals surface area contributed by atoms with Gasteiger partial charge in [-0.3, -0.25) is 4.79 Å². The van der Waals surface area contributed by atoms with Gasteiger partial charge in [0.1, 0.15) is 5.82 Å². The number of carbonyl (C=O) groups is 1. The van der Waals surface area contributed by atoms with Crippen molar-refractivity contribution in [2.24, 2.45) is 5.14 Å². The minimum atomic E-state index is -3.97. The van der Waals surface area contributed by atoms with E-state index in [2.05, 4.69) is 0 Å². The van der Waals surface area contributed by atoms with Crippen molar-refractivity contribution in [2.75, 3.05) is 11.4 Å². The highest BCUT2D eigenvalue weighted by Gasteiger charge is 2.20. The number of hydrogen-bond donors (Lipinski definition) is 2. The van der Waals surface area contributed by atoms with Crippen molar-refractivity contribution in [3.63, 3.8) is 0 Å². The van der Waals surface area contributed by atoms with Crippen molar-refractivity contribution in [3.8, 4) is 0 Å². The zero-order chi connectivity index (χ0) is 15.5. The summed E-state index contributed by atoms with van der Waals surface area (Å²) in [7, 11) is -3.97. The first-order chi connectivity index (χ1) is 9.16. The summed E-state index contributed by atoms with van der Waals surface area (Å²) < 4.78 is 36.3. The molecule has 0 heterocycles.